The van der Waals surface area contributed by atoms with E-state index in [9.17, 15) is 0 Å². The first kappa shape index (κ1) is 10.1. The van der Waals surface area contributed by atoms with Crippen molar-refractivity contribution < 1.29 is 0 Å². The van der Waals surface area contributed by atoms with E-state index in [2.05, 4.69) is 41.4 Å². The Hall–Kier alpha value is -1.43. The van der Waals surface area contributed by atoms with Crippen LogP contribution in [0.25, 0.3) is 0 Å². The van der Waals surface area contributed by atoms with Crippen LogP contribution in [0.1, 0.15) is 18.8 Å². The molecule has 2 N–H and O–H groups in total. The van der Waals surface area contributed by atoms with Gasteiger partial charge in [0.05, 0.1) is 10.5 Å². The molecule has 0 radical (unpaired) electrons. The van der Waals surface area contributed by atoms with Gasteiger partial charge in [-0.2, -0.15) is 5.10 Å². The second-order valence-corrected chi connectivity index (χ2v) is 3.92. The zero-order valence-electron chi connectivity index (χ0n) is 8.11. The van der Waals surface area contributed by atoms with E-state index in [0.717, 1.165) is 16.1 Å². The molecule has 0 bridgehead atoms. The standard InChI is InChI=1S/C9H10BrN5/c1-6(8-12-5-13-15-8)14-9-7(10)3-2-4-11-9/h2-6H,1H3,(H,11,14)(H,12,13,15). The highest BCUT2D eigenvalue weighted by molar-refractivity contribution is 9.10. The molecular weight excluding hydrogens is 258 g/mol. The van der Waals surface area contributed by atoms with Gasteiger partial charge in [0, 0.05) is 6.20 Å². The topological polar surface area (TPSA) is 66.5 Å². The van der Waals surface area contributed by atoms with Gasteiger partial charge < -0.3 is 5.32 Å². The molecule has 0 aliphatic heterocycles. The van der Waals surface area contributed by atoms with Crippen molar-refractivity contribution >= 4 is 21.7 Å². The number of anilines is 1. The van der Waals surface area contributed by atoms with E-state index in [1.807, 2.05) is 19.1 Å². The van der Waals surface area contributed by atoms with Gasteiger partial charge in [0.25, 0.3) is 0 Å². The second-order valence-electron chi connectivity index (χ2n) is 3.07. The van der Waals surface area contributed by atoms with Crippen LogP contribution in [0.4, 0.5) is 5.82 Å². The fourth-order valence-corrected chi connectivity index (χ4v) is 1.56. The lowest BCUT2D eigenvalue weighted by molar-refractivity contribution is 0.789. The van der Waals surface area contributed by atoms with E-state index in [-0.39, 0.29) is 6.04 Å². The average molecular weight is 268 g/mol. The molecule has 1 unspecified atom stereocenters. The fraction of sp³-hybridized carbons (Fsp3) is 0.222. The number of aromatic amines is 1. The molecule has 2 rings (SSSR count). The summed E-state index contributed by atoms with van der Waals surface area (Å²) in [5.41, 5.74) is 0. The molecule has 2 aromatic heterocycles. The highest BCUT2D eigenvalue weighted by atomic mass is 79.9. The zero-order valence-corrected chi connectivity index (χ0v) is 9.69. The monoisotopic (exact) mass is 267 g/mol. The van der Waals surface area contributed by atoms with Crippen molar-refractivity contribution in [3.63, 3.8) is 0 Å². The number of rotatable bonds is 3. The summed E-state index contributed by atoms with van der Waals surface area (Å²) in [5.74, 6) is 1.58. The Kier molecular flexibility index (Phi) is 2.96. The van der Waals surface area contributed by atoms with Gasteiger partial charge in [0.2, 0.25) is 0 Å². The van der Waals surface area contributed by atoms with Crippen LogP contribution in [-0.2, 0) is 0 Å². The van der Waals surface area contributed by atoms with E-state index >= 15 is 0 Å². The molecule has 15 heavy (non-hydrogen) atoms. The van der Waals surface area contributed by atoms with Crippen LogP contribution in [-0.4, -0.2) is 20.2 Å². The van der Waals surface area contributed by atoms with Crippen molar-refractivity contribution in [3.05, 3.63) is 35.0 Å². The molecular formula is C9H10BrN5. The molecule has 6 heteroatoms. The zero-order chi connectivity index (χ0) is 10.7. The molecule has 0 aromatic carbocycles. The van der Waals surface area contributed by atoms with Crippen molar-refractivity contribution in [3.8, 4) is 0 Å². The number of H-pyrrole nitrogens is 1. The minimum absolute atomic E-state index is 0.0405. The second kappa shape index (κ2) is 4.39. The minimum atomic E-state index is 0.0405. The third-order valence-corrected chi connectivity index (χ3v) is 2.60. The maximum atomic E-state index is 4.21. The van der Waals surface area contributed by atoms with Gasteiger partial charge in [-0.05, 0) is 35.0 Å². The van der Waals surface area contributed by atoms with Crippen molar-refractivity contribution in [1.82, 2.24) is 20.2 Å². The van der Waals surface area contributed by atoms with Crippen LogP contribution < -0.4 is 5.32 Å². The Morgan fingerprint density at radius 3 is 3.00 bits per heavy atom. The van der Waals surface area contributed by atoms with Gasteiger partial charge in [-0.15, -0.1) is 0 Å². The molecule has 0 amide bonds. The lowest BCUT2D eigenvalue weighted by atomic mass is 10.3. The first-order valence-electron chi connectivity index (χ1n) is 4.49. The Balaban J connectivity index is 2.13. The molecule has 0 aliphatic carbocycles. The summed E-state index contributed by atoms with van der Waals surface area (Å²) in [5, 5.41) is 9.83. The largest absolute Gasteiger partial charge is 0.359 e. The van der Waals surface area contributed by atoms with Crippen LogP contribution in [0.5, 0.6) is 0 Å². The summed E-state index contributed by atoms with van der Waals surface area (Å²) in [6.45, 7) is 1.99. The Morgan fingerprint density at radius 2 is 2.33 bits per heavy atom. The summed E-state index contributed by atoms with van der Waals surface area (Å²) in [6.07, 6.45) is 3.22. The van der Waals surface area contributed by atoms with E-state index in [1.54, 1.807) is 6.20 Å². The van der Waals surface area contributed by atoms with Crippen LogP contribution in [0.3, 0.4) is 0 Å². The van der Waals surface area contributed by atoms with Gasteiger partial charge in [-0.3, -0.25) is 5.10 Å². The summed E-state index contributed by atoms with van der Waals surface area (Å²) in [6, 6.07) is 3.84. The van der Waals surface area contributed by atoms with E-state index < -0.39 is 0 Å². The number of hydrogen-bond acceptors (Lipinski definition) is 4. The number of pyridine rings is 1. The maximum absolute atomic E-state index is 4.21. The van der Waals surface area contributed by atoms with Crippen molar-refractivity contribution in [2.24, 2.45) is 0 Å². The Labute approximate surface area is 95.5 Å². The third-order valence-electron chi connectivity index (χ3n) is 1.96. The van der Waals surface area contributed by atoms with Gasteiger partial charge in [0.15, 0.2) is 0 Å². The lowest BCUT2D eigenvalue weighted by Crippen LogP contribution is -2.09. The molecule has 0 fully saturated rings. The van der Waals surface area contributed by atoms with Gasteiger partial charge >= 0.3 is 0 Å². The molecule has 2 aromatic rings. The molecule has 0 spiro atoms. The van der Waals surface area contributed by atoms with Gasteiger partial charge in [-0.25, -0.2) is 9.97 Å². The first-order valence-corrected chi connectivity index (χ1v) is 5.29. The summed E-state index contributed by atoms with van der Waals surface area (Å²) >= 11 is 3.42. The van der Waals surface area contributed by atoms with Crippen LogP contribution in [0.2, 0.25) is 0 Å². The number of nitrogens with zero attached hydrogens (tertiary/aromatic N) is 3. The van der Waals surface area contributed by atoms with Crippen molar-refractivity contribution in [2.45, 2.75) is 13.0 Å². The van der Waals surface area contributed by atoms with Gasteiger partial charge in [-0.1, -0.05) is 0 Å². The van der Waals surface area contributed by atoms with Crippen LogP contribution in [0, 0.1) is 0 Å². The Morgan fingerprint density at radius 1 is 1.47 bits per heavy atom. The maximum Gasteiger partial charge on any atom is 0.146 e. The highest BCUT2D eigenvalue weighted by Crippen LogP contribution is 2.22. The molecule has 1 atom stereocenters. The third kappa shape index (κ3) is 2.33. The number of hydrogen-bond donors (Lipinski definition) is 2. The molecule has 0 saturated heterocycles. The lowest BCUT2D eigenvalue weighted by Gasteiger charge is -2.12. The minimum Gasteiger partial charge on any atom is -0.359 e. The van der Waals surface area contributed by atoms with Gasteiger partial charge in [0.1, 0.15) is 18.0 Å². The smallest absolute Gasteiger partial charge is 0.146 e. The predicted octanol–water partition coefficient (Wildman–Crippen LogP) is 2.14. The van der Waals surface area contributed by atoms with Crippen molar-refractivity contribution in [1.29, 1.82) is 0 Å². The molecule has 78 valence electrons. The quantitative estimate of drug-likeness (QED) is 0.894. The fourth-order valence-electron chi connectivity index (χ4n) is 1.19. The number of aromatic nitrogens is 4. The molecule has 2 heterocycles. The predicted molar refractivity (Wildman–Crippen MR) is 60.4 cm³/mol. The number of halogens is 1. The highest BCUT2D eigenvalue weighted by Gasteiger charge is 2.09. The summed E-state index contributed by atoms with van der Waals surface area (Å²) in [7, 11) is 0. The summed E-state index contributed by atoms with van der Waals surface area (Å²) < 4.78 is 0.927. The van der Waals surface area contributed by atoms with Crippen LogP contribution >= 0.6 is 15.9 Å². The average Bonchev–Trinajstić information content (AvgIpc) is 2.74. The van der Waals surface area contributed by atoms with E-state index in [1.165, 1.54) is 6.33 Å². The normalized spacial score (nSPS) is 12.4. The van der Waals surface area contributed by atoms with E-state index in [4.69, 9.17) is 0 Å². The molecule has 5 nitrogen and oxygen atoms in total. The Bertz CT molecular complexity index is 428. The van der Waals surface area contributed by atoms with E-state index in [0.29, 0.717) is 0 Å². The van der Waals surface area contributed by atoms with Crippen molar-refractivity contribution in [2.75, 3.05) is 5.32 Å². The molecule has 0 saturated carbocycles. The summed E-state index contributed by atoms with van der Waals surface area (Å²) in [4.78, 5) is 8.28. The first-order chi connectivity index (χ1) is 7.27. The SMILES string of the molecule is CC(Nc1ncccc1Br)c1ncn[nH]1. The number of nitrogens with one attached hydrogen (secondary N) is 2. The molecule has 0 aliphatic rings. The van der Waals surface area contributed by atoms with Crippen LogP contribution in [0.15, 0.2) is 29.1 Å².